The minimum atomic E-state index is -0.540. The van der Waals surface area contributed by atoms with Gasteiger partial charge in [0.1, 0.15) is 21.2 Å². The van der Waals surface area contributed by atoms with E-state index in [4.69, 9.17) is 14.5 Å². The molecule has 0 bridgehead atoms. The molecule has 2 aromatic rings. The van der Waals surface area contributed by atoms with Crippen molar-refractivity contribution in [3.05, 3.63) is 79.6 Å². The summed E-state index contributed by atoms with van der Waals surface area (Å²) in [4.78, 5) is 35.4. The van der Waals surface area contributed by atoms with Crippen LogP contribution < -0.4 is 9.88 Å². The summed E-state index contributed by atoms with van der Waals surface area (Å²) < 4.78 is 12.1. The number of allylic oxidation sites excluding steroid dienone is 7. The molecule has 45 heavy (non-hydrogen) atoms. The largest absolute Gasteiger partial charge is 0.460 e. The summed E-state index contributed by atoms with van der Waals surface area (Å²) in [5.74, 6) is -1.35. The van der Waals surface area contributed by atoms with E-state index in [9.17, 15) is 9.59 Å². The molecule has 0 aliphatic carbocycles. The summed E-state index contributed by atoms with van der Waals surface area (Å²) in [5.41, 5.74) is 0.885. The van der Waals surface area contributed by atoms with Gasteiger partial charge in [0.2, 0.25) is 0 Å². The molecule has 0 fully saturated rings. The van der Waals surface area contributed by atoms with Crippen LogP contribution in [0.3, 0.4) is 0 Å². The van der Waals surface area contributed by atoms with Gasteiger partial charge in [0, 0.05) is 16.6 Å². The minimum Gasteiger partial charge on any atom is -0.460 e. The number of carbonyl (C=O) groups excluding carboxylic acids is 2. The average Bonchev–Trinajstić information content (AvgIpc) is 3.59. The number of carbonyl (C=O) groups is 2. The van der Waals surface area contributed by atoms with E-state index in [1.807, 2.05) is 151 Å². The number of ether oxygens (including phenoxy) is 2. The second kappa shape index (κ2) is 18.6. The fraction of sp³-hybridized carbons (Fsp3) is 0.459. The Labute approximate surface area is 278 Å². The first-order valence-corrected chi connectivity index (χ1v) is 17.1. The summed E-state index contributed by atoms with van der Waals surface area (Å²) in [7, 11) is 0. The normalized spacial score (nSPS) is 15.5. The molecule has 2 rings (SSSR count). The third-order valence-electron chi connectivity index (χ3n) is 5.73. The standard InChI is InChI=1S/C35H46N2O4S2.C2H6/c1-12-16-26(33(39)41-35(9,10)11)18-15-17-23(4)30-37-28(14-3)29(43-30)21-27-22-36-31(42-27)25(13-2)20-19-24(5)32(38)40-34(6,7)8;1-2/h12-22,24,26H,1-11H3;1-2H3/b16-12-,18-15?,20-19-,23-17+,25-13+,28-14+,29-21+;. The van der Waals surface area contributed by atoms with Gasteiger partial charge in [-0.1, -0.05) is 68.5 Å². The lowest BCUT2D eigenvalue weighted by atomic mass is 10.1. The van der Waals surface area contributed by atoms with Gasteiger partial charge in [0.25, 0.3) is 0 Å². The Morgan fingerprint density at radius 1 is 0.889 bits per heavy atom. The predicted molar refractivity (Wildman–Crippen MR) is 193 cm³/mol. The Morgan fingerprint density at radius 3 is 2.07 bits per heavy atom. The molecule has 6 nitrogen and oxygen atoms in total. The number of thiazole rings is 2. The molecule has 246 valence electrons. The van der Waals surface area contributed by atoms with Gasteiger partial charge in [-0.3, -0.25) is 9.59 Å². The third-order valence-corrected chi connectivity index (χ3v) is 7.88. The van der Waals surface area contributed by atoms with Crippen LogP contribution in [0.25, 0.3) is 23.3 Å². The summed E-state index contributed by atoms with van der Waals surface area (Å²) in [6.07, 6.45) is 21.1. The van der Waals surface area contributed by atoms with Gasteiger partial charge < -0.3 is 9.47 Å². The second-order valence-electron chi connectivity index (χ2n) is 12.0. The molecule has 0 spiro atoms. The van der Waals surface area contributed by atoms with Gasteiger partial charge in [-0.25, -0.2) is 9.97 Å². The summed E-state index contributed by atoms with van der Waals surface area (Å²) in [5, 5.41) is 2.68. The molecule has 0 aromatic carbocycles. The molecule has 0 saturated heterocycles. The number of hydrogen-bond acceptors (Lipinski definition) is 8. The Hall–Kier alpha value is -3.36. The van der Waals surface area contributed by atoms with E-state index in [1.54, 1.807) is 22.7 Å². The Morgan fingerprint density at radius 2 is 1.51 bits per heavy atom. The highest BCUT2D eigenvalue weighted by atomic mass is 32.1. The van der Waals surface area contributed by atoms with E-state index in [2.05, 4.69) is 11.1 Å². The SMILES string of the molecule is C/C=C\C(C=C/C=C(\C)c1nc(=C/C)/c(=C\c2cnc(C(/C=C\C(C)C(=O)OC(C)(C)C)=C/C)s2)s1)C(=O)OC(C)(C)C.CC. The molecule has 2 aromatic heterocycles. The van der Waals surface area contributed by atoms with Crippen molar-refractivity contribution in [1.29, 1.82) is 0 Å². The minimum absolute atomic E-state index is 0.253. The van der Waals surface area contributed by atoms with Crippen LogP contribution in [0.15, 0.2) is 54.8 Å². The number of rotatable bonds is 10. The zero-order valence-electron chi connectivity index (χ0n) is 29.3. The first kappa shape index (κ1) is 39.7. The highest BCUT2D eigenvalue weighted by molar-refractivity contribution is 7.14. The van der Waals surface area contributed by atoms with Crippen LogP contribution in [0.5, 0.6) is 0 Å². The van der Waals surface area contributed by atoms with Gasteiger partial charge in [0.15, 0.2) is 0 Å². The van der Waals surface area contributed by atoms with Gasteiger partial charge in [0.05, 0.1) is 21.7 Å². The van der Waals surface area contributed by atoms with Gasteiger partial charge in [-0.2, -0.15) is 0 Å². The molecule has 0 radical (unpaired) electrons. The van der Waals surface area contributed by atoms with E-state index >= 15 is 0 Å². The monoisotopic (exact) mass is 652 g/mol. The summed E-state index contributed by atoms with van der Waals surface area (Å²) in [6, 6.07) is 0. The Balaban J connectivity index is 0.00000496. The first-order valence-electron chi connectivity index (χ1n) is 15.5. The Kier molecular flexibility index (Phi) is 16.4. The summed E-state index contributed by atoms with van der Waals surface area (Å²) >= 11 is 3.19. The second-order valence-corrected chi connectivity index (χ2v) is 14.1. The summed E-state index contributed by atoms with van der Waals surface area (Å²) in [6.45, 7) is 24.9. The number of nitrogens with zero attached hydrogens (tertiary/aromatic N) is 2. The zero-order valence-corrected chi connectivity index (χ0v) is 31.0. The van der Waals surface area contributed by atoms with Crippen molar-refractivity contribution in [2.45, 2.75) is 101 Å². The van der Waals surface area contributed by atoms with E-state index in [0.29, 0.717) is 0 Å². The molecule has 0 amide bonds. The van der Waals surface area contributed by atoms with Crippen molar-refractivity contribution in [3.63, 3.8) is 0 Å². The van der Waals surface area contributed by atoms with Crippen LogP contribution in [-0.4, -0.2) is 33.1 Å². The average molecular weight is 653 g/mol. The van der Waals surface area contributed by atoms with E-state index in [0.717, 1.165) is 35.9 Å². The highest BCUT2D eigenvalue weighted by Crippen LogP contribution is 2.24. The molecule has 0 N–H and O–H groups in total. The molecule has 0 aliphatic heterocycles. The van der Waals surface area contributed by atoms with Crippen LogP contribution in [0, 0.1) is 11.8 Å². The van der Waals surface area contributed by atoms with Crippen LogP contribution >= 0.6 is 22.7 Å². The molecule has 2 heterocycles. The van der Waals surface area contributed by atoms with Gasteiger partial charge >= 0.3 is 11.9 Å². The van der Waals surface area contributed by atoms with Gasteiger partial charge in [-0.05, 0) is 87.8 Å². The van der Waals surface area contributed by atoms with Crippen LogP contribution in [0.4, 0.5) is 0 Å². The van der Waals surface area contributed by atoms with Crippen LogP contribution in [0.1, 0.15) is 105 Å². The fourth-order valence-corrected chi connectivity index (χ4v) is 5.66. The van der Waals surface area contributed by atoms with Crippen LogP contribution in [-0.2, 0) is 19.1 Å². The van der Waals surface area contributed by atoms with Gasteiger partial charge in [-0.15, -0.1) is 22.7 Å². The molecule has 8 heteroatoms. The quantitative estimate of drug-likeness (QED) is 0.145. The molecule has 0 saturated carbocycles. The maximum Gasteiger partial charge on any atom is 0.317 e. The third kappa shape index (κ3) is 14.1. The number of hydrogen-bond donors (Lipinski definition) is 0. The van der Waals surface area contributed by atoms with Crippen molar-refractivity contribution in [3.8, 4) is 0 Å². The lowest BCUT2D eigenvalue weighted by molar-refractivity contribution is -0.158. The van der Waals surface area contributed by atoms with Crippen molar-refractivity contribution in [1.82, 2.24) is 9.97 Å². The zero-order chi connectivity index (χ0) is 34.4. The fourth-order valence-electron chi connectivity index (χ4n) is 3.64. The van der Waals surface area contributed by atoms with E-state index in [1.165, 1.54) is 0 Å². The maximum absolute atomic E-state index is 12.6. The van der Waals surface area contributed by atoms with Crippen molar-refractivity contribution in [2.24, 2.45) is 11.8 Å². The number of esters is 2. The highest BCUT2D eigenvalue weighted by Gasteiger charge is 2.21. The Bertz CT molecular complexity index is 1540. The predicted octanol–water partition coefficient (Wildman–Crippen LogP) is 8.69. The topological polar surface area (TPSA) is 78.4 Å². The smallest absolute Gasteiger partial charge is 0.317 e. The van der Waals surface area contributed by atoms with E-state index < -0.39 is 17.1 Å². The number of aromatic nitrogens is 2. The molecular weight excluding hydrogens is 601 g/mol. The first-order chi connectivity index (χ1) is 21.1. The molecular formula is C37H52N2O4S2. The maximum atomic E-state index is 12.6. The van der Waals surface area contributed by atoms with Crippen molar-refractivity contribution >= 4 is 57.9 Å². The lowest BCUT2D eigenvalue weighted by Gasteiger charge is -2.21. The molecule has 2 unspecified atom stereocenters. The lowest BCUT2D eigenvalue weighted by Crippen LogP contribution is -2.27. The van der Waals surface area contributed by atoms with Crippen molar-refractivity contribution in [2.75, 3.05) is 0 Å². The van der Waals surface area contributed by atoms with E-state index in [-0.39, 0.29) is 17.9 Å². The van der Waals surface area contributed by atoms with Crippen molar-refractivity contribution < 1.29 is 19.1 Å². The molecule has 2 atom stereocenters. The van der Waals surface area contributed by atoms with Crippen LogP contribution in [0.2, 0.25) is 0 Å². The molecule has 0 aliphatic rings.